The van der Waals surface area contributed by atoms with Gasteiger partial charge in [0.25, 0.3) is 0 Å². The zero-order valence-electron chi connectivity index (χ0n) is 9.40. The summed E-state index contributed by atoms with van der Waals surface area (Å²) in [6.45, 7) is 3.61. The van der Waals surface area contributed by atoms with Crippen molar-refractivity contribution in [2.75, 3.05) is 33.5 Å². The molecule has 1 aromatic rings. The minimum absolute atomic E-state index is 0.652. The average molecular weight is 213 g/mol. The third kappa shape index (κ3) is 4.92. The van der Waals surface area contributed by atoms with Crippen LogP contribution in [-0.2, 0) is 23.1 Å². The number of methoxy groups -OCH3 is 1. The number of hydrogen-bond acceptors (Lipinski definition) is 4. The number of rotatable bonds is 8. The zero-order valence-corrected chi connectivity index (χ0v) is 9.40. The molecule has 86 valence electrons. The quantitative estimate of drug-likeness (QED) is 0.625. The molecule has 1 N–H and O–H groups in total. The van der Waals surface area contributed by atoms with Crippen molar-refractivity contribution in [3.8, 4) is 0 Å². The van der Waals surface area contributed by atoms with Crippen LogP contribution in [0.4, 0.5) is 0 Å². The molecule has 1 aromatic heterocycles. The van der Waals surface area contributed by atoms with Gasteiger partial charge in [-0.15, -0.1) is 0 Å². The molecule has 0 saturated carbocycles. The summed E-state index contributed by atoms with van der Waals surface area (Å²) in [7, 11) is 3.65. The summed E-state index contributed by atoms with van der Waals surface area (Å²) < 4.78 is 12.2. The molecule has 0 aliphatic rings. The molecule has 0 fully saturated rings. The first-order chi connectivity index (χ1) is 7.34. The van der Waals surface area contributed by atoms with Crippen molar-refractivity contribution in [2.45, 2.75) is 6.54 Å². The topological polar surface area (TPSA) is 48.3 Å². The van der Waals surface area contributed by atoms with E-state index in [1.165, 1.54) is 0 Å². The lowest BCUT2D eigenvalue weighted by Crippen LogP contribution is -2.21. The second-order valence-electron chi connectivity index (χ2n) is 3.24. The highest BCUT2D eigenvalue weighted by molar-refractivity contribution is 4.90. The van der Waals surface area contributed by atoms with E-state index in [0.717, 1.165) is 18.9 Å². The van der Waals surface area contributed by atoms with Crippen molar-refractivity contribution >= 4 is 0 Å². The first-order valence-electron chi connectivity index (χ1n) is 5.08. The predicted molar refractivity (Wildman–Crippen MR) is 57.6 cm³/mol. The smallest absolute Gasteiger partial charge is 0.122 e. The van der Waals surface area contributed by atoms with E-state index >= 15 is 0 Å². The molecule has 0 saturated heterocycles. The summed E-state index contributed by atoms with van der Waals surface area (Å²) in [4.78, 5) is 4.20. The Morgan fingerprint density at radius 1 is 1.40 bits per heavy atom. The van der Waals surface area contributed by atoms with Crippen LogP contribution in [-0.4, -0.2) is 43.0 Å². The van der Waals surface area contributed by atoms with Crippen molar-refractivity contribution in [2.24, 2.45) is 7.05 Å². The van der Waals surface area contributed by atoms with Gasteiger partial charge in [0.15, 0.2) is 0 Å². The van der Waals surface area contributed by atoms with E-state index in [1.807, 2.05) is 17.8 Å². The SMILES string of the molecule is COCCOCCNCc1nccn1C. The normalized spacial score (nSPS) is 10.8. The largest absolute Gasteiger partial charge is 0.382 e. The van der Waals surface area contributed by atoms with Crippen LogP contribution < -0.4 is 5.32 Å². The number of aryl methyl sites for hydroxylation is 1. The standard InChI is InChI=1S/C10H19N3O2/c1-13-5-3-12-10(13)9-11-4-6-15-8-7-14-2/h3,5,11H,4,6-9H2,1-2H3. The summed E-state index contributed by atoms with van der Waals surface area (Å²) in [5.41, 5.74) is 0. The maximum atomic E-state index is 5.31. The van der Waals surface area contributed by atoms with Crippen LogP contribution >= 0.6 is 0 Å². The molecular formula is C10H19N3O2. The molecule has 15 heavy (non-hydrogen) atoms. The third-order valence-corrected chi connectivity index (χ3v) is 2.06. The maximum absolute atomic E-state index is 5.31. The van der Waals surface area contributed by atoms with Crippen molar-refractivity contribution in [1.29, 1.82) is 0 Å². The Morgan fingerprint density at radius 2 is 2.27 bits per heavy atom. The zero-order chi connectivity index (χ0) is 10.9. The molecular weight excluding hydrogens is 194 g/mol. The second kappa shape index (κ2) is 7.39. The van der Waals surface area contributed by atoms with E-state index < -0.39 is 0 Å². The molecule has 0 amide bonds. The lowest BCUT2D eigenvalue weighted by atomic mass is 10.5. The fraction of sp³-hybridized carbons (Fsp3) is 0.700. The number of aromatic nitrogens is 2. The molecule has 0 atom stereocenters. The van der Waals surface area contributed by atoms with Crippen LogP contribution in [0.15, 0.2) is 12.4 Å². The summed E-state index contributed by atoms with van der Waals surface area (Å²) in [6, 6.07) is 0. The first kappa shape index (κ1) is 12.2. The van der Waals surface area contributed by atoms with E-state index in [9.17, 15) is 0 Å². The lowest BCUT2D eigenvalue weighted by Gasteiger charge is -2.05. The highest BCUT2D eigenvalue weighted by Gasteiger charge is 1.97. The number of imidazole rings is 1. The van der Waals surface area contributed by atoms with Crippen LogP contribution in [0.1, 0.15) is 5.82 Å². The molecule has 0 aliphatic carbocycles. The number of hydrogen-bond donors (Lipinski definition) is 1. The van der Waals surface area contributed by atoms with Gasteiger partial charge in [-0.25, -0.2) is 4.98 Å². The Hall–Kier alpha value is -0.910. The third-order valence-electron chi connectivity index (χ3n) is 2.06. The Kier molecular flexibility index (Phi) is 5.99. The Bertz CT molecular complexity index is 263. The van der Waals surface area contributed by atoms with Gasteiger partial charge in [0.2, 0.25) is 0 Å². The minimum atomic E-state index is 0.652. The summed E-state index contributed by atoms with van der Waals surface area (Å²) in [6.07, 6.45) is 3.73. The van der Waals surface area contributed by atoms with Gasteiger partial charge in [-0.05, 0) is 0 Å². The Labute approximate surface area is 90.4 Å². The molecule has 0 spiro atoms. The highest BCUT2D eigenvalue weighted by Crippen LogP contribution is 1.92. The maximum Gasteiger partial charge on any atom is 0.122 e. The molecule has 0 unspecified atom stereocenters. The van der Waals surface area contributed by atoms with Crippen molar-refractivity contribution in [1.82, 2.24) is 14.9 Å². The van der Waals surface area contributed by atoms with Gasteiger partial charge < -0.3 is 19.4 Å². The van der Waals surface area contributed by atoms with Gasteiger partial charge in [-0.1, -0.05) is 0 Å². The number of ether oxygens (including phenoxy) is 2. The van der Waals surface area contributed by atoms with E-state index in [2.05, 4.69) is 10.3 Å². The molecule has 5 heteroatoms. The molecule has 1 heterocycles. The van der Waals surface area contributed by atoms with Gasteiger partial charge in [0.05, 0.1) is 26.4 Å². The first-order valence-corrected chi connectivity index (χ1v) is 5.08. The van der Waals surface area contributed by atoms with Crippen molar-refractivity contribution < 1.29 is 9.47 Å². The van der Waals surface area contributed by atoms with Gasteiger partial charge in [0.1, 0.15) is 5.82 Å². The van der Waals surface area contributed by atoms with Gasteiger partial charge in [-0.3, -0.25) is 0 Å². The van der Waals surface area contributed by atoms with E-state index in [4.69, 9.17) is 9.47 Å². The number of nitrogens with one attached hydrogen (secondary N) is 1. The molecule has 0 radical (unpaired) electrons. The molecule has 0 aromatic carbocycles. The van der Waals surface area contributed by atoms with E-state index in [0.29, 0.717) is 19.8 Å². The van der Waals surface area contributed by atoms with Gasteiger partial charge in [0, 0.05) is 33.1 Å². The molecule has 0 aliphatic heterocycles. The summed E-state index contributed by atoms with van der Waals surface area (Å²) >= 11 is 0. The van der Waals surface area contributed by atoms with Gasteiger partial charge >= 0.3 is 0 Å². The Morgan fingerprint density at radius 3 is 2.93 bits per heavy atom. The highest BCUT2D eigenvalue weighted by atomic mass is 16.5. The molecule has 1 rings (SSSR count). The molecule has 5 nitrogen and oxygen atoms in total. The monoisotopic (exact) mass is 213 g/mol. The summed E-state index contributed by atoms with van der Waals surface area (Å²) in [5, 5.41) is 3.26. The average Bonchev–Trinajstić information content (AvgIpc) is 2.63. The fourth-order valence-corrected chi connectivity index (χ4v) is 1.16. The fourth-order valence-electron chi connectivity index (χ4n) is 1.16. The second-order valence-corrected chi connectivity index (χ2v) is 3.24. The van der Waals surface area contributed by atoms with Crippen molar-refractivity contribution in [3.05, 3.63) is 18.2 Å². The van der Waals surface area contributed by atoms with Crippen molar-refractivity contribution in [3.63, 3.8) is 0 Å². The predicted octanol–water partition coefficient (Wildman–Crippen LogP) is 0.173. The number of nitrogens with zero attached hydrogens (tertiary/aromatic N) is 2. The summed E-state index contributed by atoms with van der Waals surface area (Å²) in [5.74, 6) is 1.03. The Balaban J connectivity index is 1.96. The van der Waals surface area contributed by atoms with Crippen LogP contribution in [0.25, 0.3) is 0 Å². The van der Waals surface area contributed by atoms with Crippen LogP contribution in [0, 0.1) is 0 Å². The minimum Gasteiger partial charge on any atom is -0.382 e. The molecule has 0 bridgehead atoms. The van der Waals surface area contributed by atoms with Crippen LogP contribution in [0.2, 0.25) is 0 Å². The van der Waals surface area contributed by atoms with Gasteiger partial charge in [-0.2, -0.15) is 0 Å². The lowest BCUT2D eigenvalue weighted by molar-refractivity contribution is 0.0718. The van der Waals surface area contributed by atoms with E-state index in [-0.39, 0.29) is 0 Å². The van der Waals surface area contributed by atoms with Crippen LogP contribution in [0.5, 0.6) is 0 Å². The van der Waals surface area contributed by atoms with E-state index in [1.54, 1.807) is 13.3 Å². The van der Waals surface area contributed by atoms with Crippen LogP contribution in [0.3, 0.4) is 0 Å².